The molecule has 0 bridgehead atoms. The average molecular weight is 478 g/mol. The second kappa shape index (κ2) is 14.7. The fourth-order valence-corrected chi connectivity index (χ4v) is 4.74. The minimum atomic E-state index is -0.0839. The number of halogens is 1. The van der Waals surface area contributed by atoms with Crippen LogP contribution in [0.5, 0.6) is 11.5 Å². The van der Waals surface area contributed by atoms with Gasteiger partial charge < -0.3 is 14.4 Å². The molecule has 5 heteroatoms. The Hall–Kier alpha value is -1.36. The number of hydrogen-bond donors (Lipinski definition) is 0. The van der Waals surface area contributed by atoms with E-state index in [1.54, 1.807) is 0 Å². The molecule has 1 heterocycles. The third kappa shape index (κ3) is 8.53. The lowest BCUT2D eigenvalue weighted by Crippen LogP contribution is -2.33. The van der Waals surface area contributed by atoms with Crippen LogP contribution >= 0.6 is 23.4 Å². The van der Waals surface area contributed by atoms with Crippen LogP contribution in [-0.4, -0.2) is 55.1 Å². The van der Waals surface area contributed by atoms with Crippen molar-refractivity contribution in [2.75, 3.05) is 50.2 Å². The third-order valence-corrected chi connectivity index (χ3v) is 6.90. The van der Waals surface area contributed by atoms with Gasteiger partial charge in [0.15, 0.2) is 0 Å². The molecule has 0 radical (unpaired) electrons. The van der Waals surface area contributed by atoms with Gasteiger partial charge in [-0.05, 0) is 48.2 Å². The van der Waals surface area contributed by atoms with E-state index in [0.29, 0.717) is 12.5 Å². The largest absolute Gasteiger partial charge is 0.494 e. The maximum atomic E-state index is 5.98. The summed E-state index contributed by atoms with van der Waals surface area (Å²) in [5, 5.41) is 0. The van der Waals surface area contributed by atoms with E-state index in [0.717, 1.165) is 37.5 Å². The van der Waals surface area contributed by atoms with E-state index in [2.05, 4.69) is 66.9 Å². The second-order valence-corrected chi connectivity index (χ2v) is 9.82. The van der Waals surface area contributed by atoms with Crippen molar-refractivity contribution in [3.63, 3.8) is 0 Å². The summed E-state index contributed by atoms with van der Waals surface area (Å²) in [6, 6.07) is 17.0. The van der Waals surface area contributed by atoms with Gasteiger partial charge >= 0.3 is 0 Å². The number of hydrogen-bond acceptors (Lipinski definition) is 4. The number of thioether (sulfide) groups is 1. The van der Waals surface area contributed by atoms with Crippen LogP contribution in [0.2, 0.25) is 0 Å². The molecule has 3 nitrogen and oxygen atoms in total. The van der Waals surface area contributed by atoms with Crippen molar-refractivity contribution in [3.8, 4) is 11.5 Å². The van der Waals surface area contributed by atoms with Gasteiger partial charge in [-0.2, -0.15) is 11.8 Å². The zero-order valence-electron chi connectivity index (χ0n) is 20.2. The summed E-state index contributed by atoms with van der Waals surface area (Å²) < 4.78 is 11.7. The van der Waals surface area contributed by atoms with E-state index < -0.39 is 0 Å². The zero-order valence-corrected chi connectivity index (χ0v) is 21.8. The predicted molar refractivity (Wildman–Crippen MR) is 141 cm³/mol. The highest BCUT2D eigenvalue weighted by molar-refractivity contribution is 7.99. The Balaban J connectivity index is 0.00000176. The minimum absolute atomic E-state index is 0.0839. The van der Waals surface area contributed by atoms with Crippen LogP contribution in [0.3, 0.4) is 0 Å². The van der Waals surface area contributed by atoms with Crippen molar-refractivity contribution in [1.82, 2.24) is 4.90 Å². The lowest BCUT2D eigenvalue weighted by atomic mass is 9.78. The Bertz CT molecular complexity index is 743. The van der Waals surface area contributed by atoms with Crippen molar-refractivity contribution < 1.29 is 9.47 Å². The summed E-state index contributed by atoms with van der Waals surface area (Å²) in [5.74, 6) is 5.00. The van der Waals surface area contributed by atoms with Crippen LogP contribution in [0, 0.1) is 0 Å². The molecule has 32 heavy (non-hydrogen) atoms. The van der Waals surface area contributed by atoms with E-state index in [9.17, 15) is 0 Å². The van der Waals surface area contributed by atoms with Crippen molar-refractivity contribution in [2.45, 2.75) is 46.0 Å². The molecule has 0 spiro atoms. The van der Waals surface area contributed by atoms with Gasteiger partial charge in [0.1, 0.15) is 11.5 Å². The SMILES string of the molecule is CC.CC(C)(c1ccc(OCCCCl)cc1)c1ccc(OCCCN2CCSCC2)cc1. The first kappa shape index (κ1) is 26.9. The maximum Gasteiger partial charge on any atom is 0.119 e. The number of ether oxygens (including phenoxy) is 2. The van der Waals surface area contributed by atoms with E-state index in [1.807, 2.05) is 26.0 Å². The molecule has 178 valence electrons. The van der Waals surface area contributed by atoms with Gasteiger partial charge in [-0.15, -0.1) is 11.6 Å². The Morgan fingerprint density at radius 1 is 0.812 bits per heavy atom. The Morgan fingerprint density at radius 2 is 1.28 bits per heavy atom. The summed E-state index contributed by atoms with van der Waals surface area (Å²) in [6.45, 7) is 13.5. The lowest BCUT2D eigenvalue weighted by Gasteiger charge is -2.27. The third-order valence-electron chi connectivity index (χ3n) is 5.69. The van der Waals surface area contributed by atoms with Crippen LogP contribution in [0.4, 0.5) is 0 Å². The number of alkyl halides is 1. The van der Waals surface area contributed by atoms with Crippen LogP contribution in [-0.2, 0) is 5.41 Å². The molecule has 0 aromatic heterocycles. The first-order chi connectivity index (χ1) is 15.6. The molecule has 0 N–H and O–H groups in total. The predicted octanol–water partition coefficient (Wildman–Crippen LogP) is 6.86. The smallest absolute Gasteiger partial charge is 0.119 e. The van der Waals surface area contributed by atoms with Gasteiger partial charge in [0.25, 0.3) is 0 Å². The fraction of sp³-hybridized carbons (Fsp3) is 0.556. The summed E-state index contributed by atoms with van der Waals surface area (Å²) in [6.07, 6.45) is 1.94. The molecule has 1 saturated heterocycles. The van der Waals surface area contributed by atoms with E-state index >= 15 is 0 Å². The van der Waals surface area contributed by atoms with Gasteiger partial charge in [0.2, 0.25) is 0 Å². The molecule has 0 unspecified atom stereocenters. The fourth-order valence-electron chi connectivity index (χ4n) is 3.65. The molecular weight excluding hydrogens is 438 g/mol. The molecule has 0 aliphatic carbocycles. The highest BCUT2D eigenvalue weighted by Crippen LogP contribution is 2.33. The number of benzene rings is 2. The molecule has 1 fully saturated rings. The summed E-state index contributed by atoms with van der Waals surface area (Å²) in [7, 11) is 0. The Kier molecular flexibility index (Phi) is 12.4. The van der Waals surface area contributed by atoms with Gasteiger partial charge in [0, 0.05) is 42.4 Å². The monoisotopic (exact) mass is 477 g/mol. The molecule has 1 aliphatic rings. The van der Waals surface area contributed by atoms with Crippen molar-refractivity contribution in [3.05, 3.63) is 59.7 Å². The highest BCUT2D eigenvalue weighted by atomic mass is 35.5. The van der Waals surface area contributed by atoms with Crippen molar-refractivity contribution >= 4 is 23.4 Å². The normalized spacial score (nSPS) is 14.4. The van der Waals surface area contributed by atoms with Crippen molar-refractivity contribution in [2.24, 2.45) is 0 Å². The van der Waals surface area contributed by atoms with E-state index in [1.165, 1.54) is 35.7 Å². The molecule has 0 atom stereocenters. The lowest BCUT2D eigenvalue weighted by molar-refractivity contribution is 0.248. The standard InChI is InChI=1S/C25H34ClNO2S.C2H6/c1-25(2,21-5-9-23(10-6-21)28-17-3-13-26)22-7-11-24(12-8-22)29-18-4-14-27-15-19-30-20-16-27;1-2/h5-12H,3-4,13-20H2,1-2H3;1-2H3. The molecule has 2 aromatic rings. The number of nitrogens with zero attached hydrogens (tertiary/aromatic N) is 1. The van der Waals surface area contributed by atoms with Crippen LogP contribution in [0.1, 0.15) is 51.7 Å². The van der Waals surface area contributed by atoms with E-state index in [4.69, 9.17) is 21.1 Å². The summed E-state index contributed by atoms with van der Waals surface area (Å²) in [4.78, 5) is 2.54. The number of rotatable bonds is 11. The highest BCUT2D eigenvalue weighted by Gasteiger charge is 2.23. The first-order valence-corrected chi connectivity index (χ1v) is 13.6. The average Bonchev–Trinajstić information content (AvgIpc) is 2.85. The van der Waals surface area contributed by atoms with Gasteiger partial charge in [0.05, 0.1) is 13.2 Å². The quantitative estimate of drug-likeness (QED) is 0.260. The van der Waals surface area contributed by atoms with Crippen LogP contribution < -0.4 is 9.47 Å². The summed E-state index contributed by atoms with van der Waals surface area (Å²) >= 11 is 7.77. The van der Waals surface area contributed by atoms with Gasteiger partial charge in [-0.1, -0.05) is 52.0 Å². The van der Waals surface area contributed by atoms with Gasteiger partial charge in [-0.25, -0.2) is 0 Å². The zero-order chi connectivity index (χ0) is 23.2. The first-order valence-electron chi connectivity index (χ1n) is 11.9. The Morgan fingerprint density at radius 3 is 1.75 bits per heavy atom. The van der Waals surface area contributed by atoms with Crippen molar-refractivity contribution in [1.29, 1.82) is 0 Å². The summed E-state index contributed by atoms with van der Waals surface area (Å²) in [5.41, 5.74) is 2.46. The topological polar surface area (TPSA) is 21.7 Å². The van der Waals surface area contributed by atoms with Gasteiger partial charge in [-0.3, -0.25) is 0 Å². The maximum absolute atomic E-state index is 5.98. The molecule has 0 saturated carbocycles. The molecule has 0 amide bonds. The molecular formula is C27H40ClNO2S. The van der Waals surface area contributed by atoms with E-state index in [-0.39, 0.29) is 5.41 Å². The van der Waals surface area contributed by atoms with Crippen LogP contribution in [0.15, 0.2) is 48.5 Å². The minimum Gasteiger partial charge on any atom is -0.494 e. The second-order valence-electron chi connectivity index (χ2n) is 8.22. The Labute approximate surface area is 204 Å². The molecule has 3 rings (SSSR count). The van der Waals surface area contributed by atoms with Crippen LogP contribution in [0.25, 0.3) is 0 Å². The molecule has 2 aromatic carbocycles. The molecule has 1 aliphatic heterocycles.